The highest BCUT2D eigenvalue weighted by molar-refractivity contribution is 6.09. The molecule has 0 bridgehead atoms. The molecule has 0 aliphatic carbocycles. The second-order valence-electron chi connectivity index (χ2n) is 7.00. The molecule has 9 nitrogen and oxygen atoms in total. The highest BCUT2D eigenvalue weighted by Crippen LogP contribution is 2.18. The first-order valence-electron chi connectivity index (χ1n) is 9.78. The Labute approximate surface area is 183 Å². The maximum atomic E-state index is 12.5. The normalized spacial score (nSPS) is 11.1. The highest BCUT2D eigenvalue weighted by Gasteiger charge is 2.23. The number of nitrogens with zero attached hydrogens (tertiary/aromatic N) is 1. The van der Waals surface area contributed by atoms with Gasteiger partial charge in [0.15, 0.2) is 5.78 Å². The second kappa shape index (κ2) is 11.9. The van der Waals surface area contributed by atoms with E-state index in [1.807, 2.05) is 0 Å². The predicted molar refractivity (Wildman–Crippen MR) is 113 cm³/mol. The number of carbonyl (C=O) groups excluding carboxylic acids is 4. The van der Waals surface area contributed by atoms with E-state index >= 15 is 0 Å². The minimum Gasteiger partial charge on any atom is -0.494 e. The van der Waals surface area contributed by atoms with Crippen molar-refractivity contribution in [2.45, 2.75) is 25.7 Å². The number of aliphatic imine (C=N–C) groups is 1. The number of benzene rings is 2. The fourth-order valence-corrected chi connectivity index (χ4v) is 2.94. The third kappa shape index (κ3) is 7.62. The SMILES string of the molecule is NC(=O)CC(CC(=O)CCCOc1ccc(C(=O)c2ccc(N=C=O)cc2)cc1)C(=O)O. The number of nitrogens with two attached hydrogens (primary N) is 1. The summed E-state index contributed by atoms with van der Waals surface area (Å²) in [6.07, 6.45) is 1.29. The summed E-state index contributed by atoms with van der Waals surface area (Å²) in [5.74, 6) is -3.07. The van der Waals surface area contributed by atoms with Crippen molar-refractivity contribution in [3.8, 4) is 5.75 Å². The standard InChI is InChI=1S/C23H22N2O7/c24-21(28)13-17(23(30)31)12-19(27)2-1-11-32-20-9-5-16(6-10-20)22(29)15-3-7-18(8-4-15)25-14-26/h3-10,17H,1-2,11-13H2,(H2,24,28)(H,30,31). The molecule has 9 heteroatoms. The van der Waals surface area contributed by atoms with Crippen molar-refractivity contribution < 1.29 is 33.8 Å². The van der Waals surface area contributed by atoms with Gasteiger partial charge in [-0.05, 0) is 55.0 Å². The molecule has 0 spiro atoms. The third-order valence-electron chi connectivity index (χ3n) is 4.56. The maximum absolute atomic E-state index is 12.5. The van der Waals surface area contributed by atoms with Crippen LogP contribution in [0.4, 0.5) is 5.69 Å². The fourth-order valence-electron chi connectivity index (χ4n) is 2.94. The summed E-state index contributed by atoms with van der Waals surface area (Å²) in [5.41, 5.74) is 6.30. The van der Waals surface area contributed by atoms with Gasteiger partial charge < -0.3 is 15.6 Å². The Kier molecular flexibility index (Phi) is 9.01. The molecular weight excluding hydrogens is 416 g/mol. The van der Waals surface area contributed by atoms with E-state index in [0.717, 1.165) is 0 Å². The average Bonchev–Trinajstić information content (AvgIpc) is 2.76. The number of carboxylic acid groups (broad SMARTS) is 1. The molecule has 0 fully saturated rings. The van der Waals surface area contributed by atoms with Crippen LogP contribution in [-0.2, 0) is 19.2 Å². The lowest BCUT2D eigenvalue weighted by atomic mass is 9.97. The number of ether oxygens (including phenoxy) is 1. The van der Waals surface area contributed by atoms with Crippen LogP contribution < -0.4 is 10.5 Å². The Morgan fingerprint density at radius 2 is 1.56 bits per heavy atom. The first-order valence-corrected chi connectivity index (χ1v) is 9.78. The molecule has 3 N–H and O–H groups in total. The summed E-state index contributed by atoms with van der Waals surface area (Å²) in [6.45, 7) is 0.227. The average molecular weight is 438 g/mol. The van der Waals surface area contributed by atoms with Gasteiger partial charge in [0.1, 0.15) is 11.5 Å². The number of primary amides is 1. The monoisotopic (exact) mass is 438 g/mol. The van der Waals surface area contributed by atoms with Gasteiger partial charge in [-0.2, -0.15) is 4.99 Å². The van der Waals surface area contributed by atoms with Gasteiger partial charge in [-0.1, -0.05) is 0 Å². The summed E-state index contributed by atoms with van der Waals surface area (Å²) in [5, 5.41) is 9.03. The van der Waals surface area contributed by atoms with Crippen LogP contribution in [0.1, 0.15) is 41.6 Å². The number of Topliss-reactive ketones (excluding diaryl/α,β-unsaturated/α-hetero) is 1. The van der Waals surface area contributed by atoms with Crippen molar-refractivity contribution in [3.05, 3.63) is 59.7 Å². The number of isocyanates is 1. The molecule has 0 aliphatic rings. The molecule has 0 saturated heterocycles. The molecule has 0 heterocycles. The van der Waals surface area contributed by atoms with Crippen LogP contribution in [-0.4, -0.2) is 41.2 Å². The van der Waals surface area contributed by atoms with Crippen LogP contribution in [0.3, 0.4) is 0 Å². The first kappa shape index (κ1) is 24.2. The largest absolute Gasteiger partial charge is 0.494 e. The lowest BCUT2D eigenvalue weighted by Gasteiger charge is -2.10. The number of rotatable bonds is 13. The summed E-state index contributed by atoms with van der Waals surface area (Å²) >= 11 is 0. The predicted octanol–water partition coefficient (Wildman–Crippen LogP) is 2.58. The van der Waals surface area contributed by atoms with Crippen molar-refractivity contribution in [2.24, 2.45) is 16.6 Å². The van der Waals surface area contributed by atoms with E-state index in [4.69, 9.17) is 15.6 Å². The van der Waals surface area contributed by atoms with Crippen molar-refractivity contribution >= 4 is 35.2 Å². The Bertz CT molecular complexity index is 1020. The number of carboxylic acids is 1. The molecule has 0 radical (unpaired) electrons. The van der Waals surface area contributed by atoms with Crippen LogP contribution in [0.2, 0.25) is 0 Å². The van der Waals surface area contributed by atoms with E-state index in [9.17, 15) is 24.0 Å². The van der Waals surface area contributed by atoms with Crippen LogP contribution in [0.25, 0.3) is 0 Å². The number of amides is 1. The van der Waals surface area contributed by atoms with Gasteiger partial charge in [0.25, 0.3) is 0 Å². The Morgan fingerprint density at radius 3 is 2.09 bits per heavy atom. The molecule has 0 saturated carbocycles. The molecule has 32 heavy (non-hydrogen) atoms. The van der Waals surface area contributed by atoms with Crippen molar-refractivity contribution in [1.82, 2.24) is 0 Å². The van der Waals surface area contributed by atoms with Crippen molar-refractivity contribution in [2.75, 3.05) is 6.61 Å². The van der Waals surface area contributed by atoms with E-state index in [2.05, 4.69) is 4.99 Å². The topological polar surface area (TPSA) is 153 Å². The van der Waals surface area contributed by atoms with Crippen molar-refractivity contribution in [3.63, 3.8) is 0 Å². The van der Waals surface area contributed by atoms with E-state index in [1.54, 1.807) is 48.5 Å². The zero-order chi connectivity index (χ0) is 23.5. The van der Waals surface area contributed by atoms with E-state index in [0.29, 0.717) is 29.0 Å². The van der Waals surface area contributed by atoms with Gasteiger partial charge in [-0.3, -0.25) is 19.2 Å². The van der Waals surface area contributed by atoms with Gasteiger partial charge in [-0.25, -0.2) is 4.79 Å². The van der Waals surface area contributed by atoms with E-state index < -0.39 is 17.8 Å². The lowest BCUT2D eigenvalue weighted by molar-refractivity contribution is -0.145. The molecule has 1 unspecified atom stereocenters. The fraction of sp³-hybridized carbons (Fsp3) is 0.261. The molecule has 0 aromatic heterocycles. The van der Waals surface area contributed by atoms with Crippen LogP contribution in [0, 0.1) is 5.92 Å². The van der Waals surface area contributed by atoms with E-state index in [1.165, 1.54) is 6.08 Å². The molecule has 2 rings (SSSR count). The third-order valence-corrected chi connectivity index (χ3v) is 4.56. The number of carbonyl (C=O) groups is 4. The molecular formula is C23H22N2O7. The van der Waals surface area contributed by atoms with Gasteiger partial charge in [0.05, 0.1) is 18.2 Å². The summed E-state index contributed by atoms with van der Waals surface area (Å²) in [4.78, 5) is 60.1. The number of hydrogen-bond donors (Lipinski definition) is 2. The number of hydrogen-bond acceptors (Lipinski definition) is 7. The Hall–Kier alpha value is -4.10. The maximum Gasteiger partial charge on any atom is 0.307 e. The van der Waals surface area contributed by atoms with Gasteiger partial charge in [0, 0.05) is 30.4 Å². The smallest absolute Gasteiger partial charge is 0.307 e. The molecule has 2 aromatic rings. The first-order chi connectivity index (χ1) is 15.3. The van der Waals surface area contributed by atoms with Gasteiger partial charge in [-0.15, -0.1) is 0 Å². The minimum absolute atomic E-state index is 0.114. The van der Waals surface area contributed by atoms with Crippen molar-refractivity contribution in [1.29, 1.82) is 0 Å². The lowest BCUT2D eigenvalue weighted by Crippen LogP contribution is -2.24. The molecule has 0 aliphatic heterocycles. The molecule has 1 amide bonds. The quantitative estimate of drug-likeness (QED) is 0.211. The summed E-state index contributed by atoms with van der Waals surface area (Å²) < 4.78 is 5.55. The zero-order valence-electron chi connectivity index (χ0n) is 17.2. The summed E-state index contributed by atoms with van der Waals surface area (Å²) in [7, 11) is 0. The van der Waals surface area contributed by atoms with Crippen LogP contribution in [0.5, 0.6) is 5.75 Å². The Balaban J connectivity index is 1.81. The van der Waals surface area contributed by atoms with Gasteiger partial charge in [0.2, 0.25) is 12.0 Å². The second-order valence-corrected chi connectivity index (χ2v) is 7.00. The molecule has 2 aromatic carbocycles. The summed E-state index contributed by atoms with van der Waals surface area (Å²) in [6, 6.07) is 12.7. The van der Waals surface area contributed by atoms with Crippen LogP contribution >= 0.6 is 0 Å². The van der Waals surface area contributed by atoms with Crippen LogP contribution in [0.15, 0.2) is 53.5 Å². The molecule has 1 atom stereocenters. The Morgan fingerprint density at radius 1 is 0.969 bits per heavy atom. The highest BCUT2D eigenvalue weighted by atomic mass is 16.5. The molecule has 166 valence electrons. The van der Waals surface area contributed by atoms with E-state index in [-0.39, 0.29) is 37.4 Å². The minimum atomic E-state index is -1.23. The number of aliphatic carboxylic acids is 1. The number of ketones is 2. The zero-order valence-corrected chi connectivity index (χ0v) is 17.2. The van der Waals surface area contributed by atoms with Gasteiger partial charge >= 0.3 is 5.97 Å².